The molecule has 2 unspecified atom stereocenters. The van der Waals surface area contributed by atoms with Crippen molar-refractivity contribution in [1.29, 1.82) is 0 Å². The monoisotopic (exact) mass is 355 g/mol. The van der Waals surface area contributed by atoms with Gasteiger partial charge in [0.25, 0.3) is 0 Å². The van der Waals surface area contributed by atoms with Crippen LogP contribution in [-0.4, -0.2) is 45.5 Å². The van der Waals surface area contributed by atoms with E-state index < -0.39 is 29.8 Å². The summed E-state index contributed by atoms with van der Waals surface area (Å²) in [6, 6.07) is 6.11. The first-order valence-electron chi connectivity index (χ1n) is 6.38. The molecule has 1 aliphatic rings. The van der Waals surface area contributed by atoms with Crippen molar-refractivity contribution >= 4 is 33.8 Å². The molecule has 0 aliphatic carbocycles. The number of hydrogen-bond acceptors (Lipinski definition) is 3. The Bertz CT molecular complexity index is 588. The van der Waals surface area contributed by atoms with Gasteiger partial charge < -0.3 is 15.1 Å². The van der Waals surface area contributed by atoms with E-state index in [0.29, 0.717) is 0 Å². The van der Waals surface area contributed by atoms with Crippen molar-refractivity contribution in [2.75, 3.05) is 6.54 Å². The van der Waals surface area contributed by atoms with E-state index in [4.69, 9.17) is 5.11 Å². The molecule has 1 amide bonds. The van der Waals surface area contributed by atoms with E-state index in [9.17, 15) is 19.5 Å². The minimum Gasteiger partial charge on any atom is -0.481 e. The molecule has 0 radical (unpaired) electrons. The minimum atomic E-state index is -1.13. The molecule has 2 atom stereocenters. The Morgan fingerprint density at radius 2 is 2.10 bits per heavy atom. The van der Waals surface area contributed by atoms with Gasteiger partial charge in [0.05, 0.1) is 5.92 Å². The van der Waals surface area contributed by atoms with Crippen LogP contribution in [-0.2, 0) is 20.8 Å². The number of carbonyl (C=O) groups is 3. The fraction of sp³-hybridized carbons (Fsp3) is 0.357. The highest BCUT2D eigenvalue weighted by atomic mass is 79.9. The molecule has 1 aromatic rings. The molecular weight excluding hydrogens is 342 g/mol. The fourth-order valence-electron chi connectivity index (χ4n) is 2.42. The van der Waals surface area contributed by atoms with Crippen molar-refractivity contribution < 1.29 is 24.6 Å². The summed E-state index contributed by atoms with van der Waals surface area (Å²) in [7, 11) is 0. The van der Waals surface area contributed by atoms with Gasteiger partial charge in [0.2, 0.25) is 5.91 Å². The van der Waals surface area contributed by atoms with Gasteiger partial charge in [0, 0.05) is 23.9 Å². The van der Waals surface area contributed by atoms with Crippen LogP contribution in [0.25, 0.3) is 0 Å². The average molecular weight is 356 g/mol. The maximum Gasteiger partial charge on any atom is 0.326 e. The third kappa shape index (κ3) is 3.60. The fourth-order valence-corrected chi connectivity index (χ4v) is 2.86. The SMILES string of the molecule is O=C(O)C1CC(=O)N(C(Cc2cccc(Br)c2)C(=O)O)C1. The van der Waals surface area contributed by atoms with Crippen molar-refractivity contribution in [3.05, 3.63) is 34.3 Å². The molecule has 112 valence electrons. The molecule has 1 aliphatic heterocycles. The van der Waals surface area contributed by atoms with E-state index in [1.54, 1.807) is 18.2 Å². The molecule has 1 fully saturated rings. The van der Waals surface area contributed by atoms with E-state index >= 15 is 0 Å². The highest BCUT2D eigenvalue weighted by molar-refractivity contribution is 9.10. The van der Waals surface area contributed by atoms with E-state index in [1.165, 1.54) is 0 Å². The van der Waals surface area contributed by atoms with E-state index in [-0.39, 0.29) is 19.4 Å². The summed E-state index contributed by atoms with van der Waals surface area (Å²) in [6.45, 7) is -0.0564. The number of rotatable bonds is 5. The number of carboxylic acids is 2. The van der Waals surface area contributed by atoms with Crippen LogP contribution in [0.15, 0.2) is 28.7 Å². The van der Waals surface area contributed by atoms with Gasteiger partial charge in [-0.25, -0.2) is 4.79 Å². The summed E-state index contributed by atoms with van der Waals surface area (Å²) in [5, 5.41) is 18.3. The minimum absolute atomic E-state index is 0.0564. The first-order valence-corrected chi connectivity index (χ1v) is 7.17. The van der Waals surface area contributed by atoms with Gasteiger partial charge in [-0.1, -0.05) is 28.1 Å². The Hall–Kier alpha value is -1.89. The Balaban J connectivity index is 2.18. The third-order valence-electron chi connectivity index (χ3n) is 3.49. The van der Waals surface area contributed by atoms with Crippen LogP contribution in [0.5, 0.6) is 0 Å². The molecule has 0 aromatic heterocycles. The topological polar surface area (TPSA) is 94.9 Å². The van der Waals surface area contributed by atoms with Crippen LogP contribution >= 0.6 is 15.9 Å². The Morgan fingerprint density at radius 1 is 1.38 bits per heavy atom. The molecule has 21 heavy (non-hydrogen) atoms. The summed E-state index contributed by atoms with van der Waals surface area (Å²) in [5.74, 6) is -3.46. The predicted molar refractivity (Wildman–Crippen MR) is 76.7 cm³/mol. The van der Waals surface area contributed by atoms with Gasteiger partial charge >= 0.3 is 11.9 Å². The molecule has 7 heteroatoms. The smallest absolute Gasteiger partial charge is 0.326 e. The Labute approximate surface area is 129 Å². The average Bonchev–Trinajstić information content (AvgIpc) is 2.78. The lowest BCUT2D eigenvalue weighted by Crippen LogP contribution is -2.44. The van der Waals surface area contributed by atoms with Gasteiger partial charge in [-0.15, -0.1) is 0 Å². The summed E-state index contributed by atoms with van der Waals surface area (Å²) in [5.41, 5.74) is 0.767. The van der Waals surface area contributed by atoms with Crippen LogP contribution in [0, 0.1) is 5.92 Å². The van der Waals surface area contributed by atoms with E-state index in [0.717, 1.165) is 14.9 Å². The first kappa shape index (κ1) is 15.5. The zero-order valence-electron chi connectivity index (χ0n) is 11.0. The number of amides is 1. The number of aliphatic carboxylic acids is 2. The van der Waals surface area contributed by atoms with Crippen molar-refractivity contribution in [2.24, 2.45) is 5.92 Å². The van der Waals surface area contributed by atoms with Crippen molar-refractivity contribution in [3.8, 4) is 0 Å². The quantitative estimate of drug-likeness (QED) is 0.831. The first-order chi connectivity index (χ1) is 9.88. The lowest BCUT2D eigenvalue weighted by molar-refractivity contribution is -0.148. The normalized spacial score (nSPS) is 19.6. The largest absolute Gasteiger partial charge is 0.481 e. The predicted octanol–water partition coefficient (Wildman–Crippen LogP) is 1.38. The van der Waals surface area contributed by atoms with Crippen molar-refractivity contribution in [1.82, 2.24) is 4.90 Å². The molecule has 6 nitrogen and oxygen atoms in total. The highest BCUT2D eigenvalue weighted by Gasteiger charge is 2.40. The second-order valence-electron chi connectivity index (χ2n) is 4.97. The standard InChI is InChI=1S/C14H14BrNO5/c15-10-3-1-2-8(4-10)5-11(14(20)21)16-7-9(13(18)19)6-12(16)17/h1-4,9,11H,5-7H2,(H,18,19)(H,20,21). The zero-order chi connectivity index (χ0) is 15.6. The summed E-state index contributed by atoms with van der Waals surface area (Å²) >= 11 is 3.31. The maximum atomic E-state index is 11.9. The van der Waals surface area contributed by atoms with Crippen molar-refractivity contribution in [2.45, 2.75) is 18.9 Å². The number of carbonyl (C=O) groups excluding carboxylic acids is 1. The number of halogens is 1. The zero-order valence-corrected chi connectivity index (χ0v) is 12.6. The van der Waals surface area contributed by atoms with Crippen LogP contribution < -0.4 is 0 Å². The molecule has 2 N–H and O–H groups in total. The Kier molecular flexibility index (Phi) is 4.62. The lowest BCUT2D eigenvalue weighted by Gasteiger charge is -2.24. The second-order valence-corrected chi connectivity index (χ2v) is 5.89. The molecule has 1 saturated heterocycles. The molecule has 2 rings (SSSR count). The Morgan fingerprint density at radius 3 is 2.62 bits per heavy atom. The number of likely N-dealkylation sites (tertiary alicyclic amines) is 1. The van der Waals surface area contributed by atoms with Crippen LogP contribution in [0.2, 0.25) is 0 Å². The molecule has 0 saturated carbocycles. The molecule has 1 heterocycles. The number of benzene rings is 1. The molecule has 0 bridgehead atoms. The summed E-state index contributed by atoms with van der Waals surface area (Å²) in [4.78, 5) is 35.4. The van der Waals surface area contributed by atoms with E-state index in [2.05, 4.69) is 15.9 Å². The van der Waals surface area contributed by atoms with Crippen LogP contribution in [0.3, 0.4) is 0 Å². The summed E-state index contributed by atoms with van der Waals surface area (Å²) in [6.07, 6.45) is 0.00441. The molecular formula is C14H14BrNO5. The van der Waals surface area contributed by atoms with Crippen molar-refractivity contribution in [3.63, 3.8) is 0 Å². The molecule has 1 aromatic carbocycles. The van der Waals surface area contributed by atoms with Gasteiger partial charge in [0.15, 0.2) is 0 Å². The third-order valence-corrected chi connectivity index (χ3v) is 3.98. The van der Waals surface area contributed by atoms with Gasteiger partial charge in [0.1, 0.15) is 6.04 Å². The number of hydrogen-bond donors (Lipinski definition) is 2. The molecule has 0 spiro atoms. The van der Waals surface area contributed by atoms with Crippen LogP contribution in [0.4, 0.5) is 0 Å². The second kappa shape index (κ2) is 6.26. The van der Waals surface area contributed by atoms with Gasteiger partial charge in [-0.2, -0.15) is 0 Å². The number of nitrogens with zero attached hydrogens (tertiary/aromatic N) is 1. The van der Waals surface area contributed by atoms with E-state index in [1.807, 2.05) is 6.07 Å². The lowest BCUT2D eigenvalue weighted by atomic mass is 10.0. The van der Waals surface area contributed by atoms with Gasteiger partial charge in [-0.3, -0.25) is 9.59 Å². The van der Waals surface area contributed by atoms with Crippen LogP contribution in [0.1, 0.15) is 12.0 Å². The highest BCUT2D eigenvalue weighted by Crippen LogP contribution is 2.23. The van der Waals surface area contributed by atoms with Gasteiger partial charge in [-0.05, 0) is 17.7 Å². The maximum absolute atomic E-state index is 11.9. The number of carboxylic acid groups (broad SMARTS) is 2. The summed E-state index contributed by atoms with van der Waals surface area (Å²) < 4.78 is 0.820.